The molecule has 1 aliphatic heterocycles. The summed E-state index contributed by atoms with van der Waals surface area (Å²) in [6.07, 6.45) is 6.81. The lowest BCUT2D eigenvalue weighted by atomic mass is 10.1. The number of amides is 1. The molecule has 112 valence electrons. The van der Waals surface area contributed by atoms with E-state index in [0.717, 1.165) is 52.1 Å². The topological polar surface area (TPSA) is 35.6 Å². The second kappa shape index (κ2) is 10.2. The molecule has 0 bridgehead atoms. The van der Waals surface area contributed by atoms with E-state index < -0.39 is 0 Å². The Morgan fingerprint density at radius 3 is 2.53 bits per heavy atom. The lowest BCUT2D eigenvalue weighted by Gasteiger charge is -2.29. The van der Waals surface area contributed by atoms with E-state index in [1.54, 1.807) is 0 Å². The molecule has 0 aliphatic carbocycles. The maximum atomic E-state index is 11.9. The number of carbonyl (C=O) groups excluding carboxylic acids is 1. The SMILES string of the molecule is CCCCCCCC(=O)N(C)CCN1CCNCC1. The Labute approximate surface area is 118 Å². The summed E-state index contributed by atoms with van der Waals surface area (Å²) in [6, 6.07) is 0. The van der Waals surface area contributed by atoms with Gasteiger partial charge in [-0.1, -0.05) is 32.6 Å². The smallest absolute Gasteiger partial charge is 0.222 e. The Morgan fingerprint density at radius 2 is 1.84 bits per heavy atom. The lowest BCUT2D eigenvalue weighted by Crippen LogP contribution is -2.46. The Kier molecular flexibility index (Phi) is 8.84. The molecule has 0 aromatic heterocycles. The average Bonchev–Trinajstić information content (AvgIpc) is 2.45. The third kappa shape index (κ3) is 7.53. The molecule has 1 saturated heterocycles. The third-order valence-electron chi connectivity index (χ3n) is 3.88. The van der Waals surface area contributed by atoms with Gasteiger partial charge in [0.05, 0.1) is 0 Å². The minimum atomic E-state index is 0.312. The second-order valence-corrected chi connectivity index (χ2v) is 5.57. The van der Waals surface area contributed by atoms with Crippen molar-refractivity contribution in [2.24, 2.45) is 0 Å². The van der Waals surface area contributed by atoms with Crippen molar-refractivity contribution in [2.75, 3.05) is 46.3 Å². The van der Waals surface area contributed by atoms with Crippen LogP contribution >= 0.6 is 0 Å². The number of nitrogens with one attached hydrogen (secondary N) is 1. The van der Waals surface area contributed by atoms with Gasteiger partial charge in [-0.3, -0.25) is 9.69 Å². The summed E-state index contributed by atoms with van der Waals surface area (Å²) in [5, 5.41) is 3.35. The molecular formula is C15H31N3O. The van der Waals surface area contributed by atoms with E-state index >= 15 is 0 Å². The first-order valence-electron chi connectivity index (χ1n) is 7.91. The van der Waals surface area contributed by atoms with Crippen LogP contribution in [0.4, 0.5) is 0 Å². The molecule has 1 amide bonds. The summed E-state index contributed by atoms with van der Waals surface area (Å²) < 4.78 is 0. The zero-order valence-corrected chi connectivity index (χ0v) is 12.8. The molecule has 19 heavy (non-hydrogen) atoms. The Morgan fingerprint density at radius 1 is 1.16 bits per heavy atom. The van der Waals surface area contributed by atoms with Gasteiger partial charge >= 0.3 is 0 Å². The molecule has 1 fully saturated rings. The number of piperazine rings is 1. The molecule has 1 heterocycles. The first-order chi connectivity index (χ1) is 9.24. The Balaban J connectivity index is 2.03. The standard InChI is InChI=1S/C15H31N3O/c1-3-4-5-6-7-8-15(19)17(2)13-14-18-11-9-16-10-12-18/h16H,3-14H2,1-2H3. The van der Waals surface area contributed by atoms with Crippen molar-refractivity contribution < 1.29 is 4.79 Å². The molecule has 4 nitrogen and oxygen atoms in total. The third-order valence-corrected chi connectivity index (χ3v) is 3.88. The number of carbonyl (C=O) groups is 1. The molecule has 0 radical (unpaired) electrons. The molecular weight excluding hydrogens is 238 g/mol. The minimum absolute atomic E-state index is 0.312. The zero-order valence-electron chi connectivity index (χ0n) is 12.8. The monoisotopic (exact) mass is 269 g/mol. The fourth-order valence-corrected chi connectivity index (χ4v) is 2.42. The largest absolute Gasteiger partial charge is 0.344 e. The average molecular weight is 269 g/mol. The van der Waals surface area contributed by atoms with Crippen LogP contribution in [0, 0.1) is 0 Å². The van der Waals surface area contributed by atoms with Gasteiger partial charge in [0.25, 0.3) is 0 Å². The van der Waals surface area contributed by atoms with Crippen molar-refractivity contribution in [3.05, 3.63) is 0 Å². The highest BCUT2D eigenvalue weighted by atomic mass is 16.2. The van der Waals surface area contributed by atoms with Crippen LogP contribution in [0.3, 0.4) is 0 Å². The molecule has 0 aromatic carbocycles. The summed E-state index contributed by atoms with van der Waals surface area (Å²) in [7, 11) is 1.94. The number of rotatable bonds is 9. The van der Waals surface area contributed by atoms with Gasteiger partial charge in [-0.15, -0.1) is 0 Å². The molecule has 1 N–H and O–H groups in total. The van der Waals surface area contributed by atoms with Crippen molar-refractivity contribution in [1.82, 2.24) is 15.1 Å². The highest BCUT2D eigenvalue weighted by molar-refractivity contribution is 5.75. The molecule has 0 saturated carbocycles. The van der Waals surface area contributed by atoms with Crippen LogP contribution in [0.1, 0.15) is 45.4 Å². The summed E-state index contributed by atoms with van der Waals surface area (Å²) >= 11 is 0. The first kappa shape index (κ1) is 16.4. The number of unbranched alkanes of at least 4 members (excludes halogenated alkanes) is 4. The number of hydrogen-bond donors (Lipinski definition) is 1. The van der Waals surface area contributed by atoms with Crippen LogP contribution in [0.2, 0.25) is 0 Å². The quantitative estimate of drug-likeness (QED) is 0.647. The van der Waals surface area contributed by atoms with Crippen LogP contribution in [0.25, 0.3) is 0 Å². The predicted octanol–water partition coefficient (Wildman–Crippen LogP) is 1.71. The fraction of sp³-hybridized carbons (Fsp3) is 0.933. The van der Waals surface area contributed by atoms with Crippen LogP contribution < -0.4 is 5.32 Å². The van der Waals surface area contributed by atoms with E-state index in [0.29, 0.717) is 5.91 Å². The molecule has 0 atom stereocenters. The zero-order chi connectivity index (χ0) is 13.9. The summed E-state index contributed by atoms with van der Waals surface area (Å²) in [5.41, 5.74) is 0. The first-order valence-corrected chi connectivity index (χ1v) is 7.91. The molecule has 0 spiro atoms. The van der Waals surface area contributed by atoms with Gasteiger partial charge in [-0.2, -0.15) is 0 Å². The van der Waals surface area contributed by atoms with Crippen molar-refractivity contribution in [2.45, 2.75) is 45.4 Å². The van der Waals surface area contributed by atoms with Gasteiger partial charge in [0.1, 0.15) is 0 Å². The summed E-state index contributed by atoms with van der Waals surface area (Å²) in [5.74, 6) is 0.312. The van der Waals surface area contributed by atoms with E-state index in [9.17, 15) is 4.79 Å². The van der Waals surface area contributed by atoms with Crippen LogP contribution in [0.5, 0.6) is 0 Å². The van der Waals surface area contributed by atoms with Crippen molar-refractivity contribution in [1.29, 1.82) is 0 Å². The van der Waals surface area contributed by atoms with Gasteiger partial charge in [0.15, 0.2) is 0 Å². The lowest BCUT2D eigenvalue weighted by molar-refractivity contribution is -0.130. The number of likely N-dealkylation sites (N-methyl/N-ethyl adjacent to an activating group) is 1. The molecule has 0 unspecified atom stereocenters. The molecule has 4 heteroatoms. The minimum Gasteiger partial charge on any atom is -0.344 e. The molecule has 1 rings (SSSR count). The highest BCUT2D eigenvalue weighted by Gasteiger charge is 2.12. The van der Waals surface area contributed by atoms with E-state index in [-0.39, 0.29) is 0 Å². The maximum Gasteiger partial charge on any atom is 0.222 e. The van der Waals surface area contributed by atoms with E-state index in [1.165, 1.54) is 25.7 Å². The normalized spacial score (nSPS) is 16.5. The van der Waals surface area contributed by atoms with E-state index in [2.05, 4.69) is 17.1 Å². The van der Waals surface area contributed by atoms with Crippen LogP contribution in [-0.4, -0.2) is 62.0 Å². The van der Waals surface area contributed by atoms with Crippen molar-refractivity contribution in [3.63, 3.8) is 0 Å². The van der Waals surface area contributed by atoms with Gasteiger partial charge in [-0.05, 0) is 6.42 Å². The van der Waals surface area contributed by atoms with Crippen molar-refractivity contribution in [3.8, 4) is 0 Å². The van der Waals surface area contributed by atoms with Gasteiger partial charge < -0.3 is 10.2 Å². The highest BCUT2D eigenvalue weighted by Crippen LogP contribution is 2.06. The van der Waals surface area contributed by atoms with Crippen LogP contribution in [0.15, 0.2) is 0 Å². The van der Waals surface area contributed by atoms with Crippen LogP contribution in [-0.2, 0) is 4.79 Å². The van der Waals surface area contributed by atoms with Crippen molar-refractivity contribution >= 4 is 5.91 Å². The Hall–Kier alpha value is -0.610. The second-order valence-electron chi connectivity index (χ2n) is 5.57. The fourth-order valence-electron chi connectivity index (χ4n) is 2.42. The summed E-state index contributed by atoms with van der Waals surface area (Å²) in [6.45, 7) is 8.48. The number of hydrogen-bond acceptors (Lipinski definition) is 3. The van der Waals surface area contributed by atoms with Gasteiger partial charge in [-0.25, -0.2) is 0 Å². The number of nitrogens with zero attached hydrogens (tertiary/aromatic N) is 2. The molecule has 1 aliphatic rings. The maximum absolute atomic E-state index is 11.9. The van der Waals surface area contributed by atoms with Gasteiger partial charge in [0.2, 0.25) is 5.91 Å². The van der Waals surface area contributed by atoms with E-state index in [1.807, 2.05) is 11.9 Å². The summed E-state index contributed by atoms with van der Waals surface area (Å²) in [4.78, 5) is 16.3. The van der Waals surface area contributed by atoms with Gasteiger partial charge in [0, 0.05) is 52.7 Å². The Bertz CT molecular complexity index is 240. The van der Waals surface area contributed by atoms with E-state index in [4.69, 9.17) is 0 Å². The predicted molar refractivity (Wildman–Crippen MR) is 80.3 cm³/mol. The molecule has 0 aromatic rings.